The summed E-state index contributed by atoms with van der Waals surface area (Å²) in [5.41, 5.74) is 0.988. The number of ether oxygens (including phenoxy) is 1. The minimum Gasteiger partial charge on any atom is -0.497 e. The first-order valence-electron chi connectivity index (χ1n) is 6.72. The number of carbonyl (C=O) groups is 2. The molecule has 0 radical (unpaired) electrons. The molecule has 0 aliphatic heterocycles. The van der Waals surface area contributed by atoms with Crippen LogP contribution in [0.15, 0.2) is 24.3 Å². The van der Waals surface area contributed by atoms with Crippen molar-refractivity contribution in [1.82, 2.24) is 5.32 Å². The van der Waals surface area contributed by atoms with Crippen LogP contribution in [0.2, 0.25) is 0 Å². The average Bonchev–Trinajstić information content (AvgIpc) is 2.44. The van der Waals surface area contributed by atoms with E-state index in [1.54, 1.807) is 7.11 Å². The van der Waals surface area contributed by atoms with E-state index in [-0.39, 0.29) is 12.3 Å². The summed E-state index contributed by atoms with van der Waals surface area (Å²) in [6, 6.07) is 6.69. The Morgan fingerprint density at radius 1 is 1.40 bits per heavy atom. The molecule has 2 N–H and O–H groups in total. The molecule has 1 atom stereocenters. The van der Waals surface area contributed by atoms with Gasteiger partial charge in [0, 0.05) is 6.42 Å². The number of aryl methyl sites for hydroxylation is 1. The Balaban J connectivity index is 2.47. The Morgan fingerprint density at radius 2 is 2.15 bits per heavy atom. The topological polar surface area (TPSA) is 75.6 Å². The number of hydrogen-bond acceptors (Lipinski definition) is 3. The lowest BCUT2D eigenvalue weighted by atomic mass is 10.1. The molecule has 0 fully saturated rings. The van der Waals surface area contributed by atoms with Crippen LogP contribution in [0, 0.1) is 0 Å². The molecule has 1 aromatic rings. The number of benzene rings is 1. The molecule has 0 saturated heterocycles. The quantitative estimate of drug-likeness (QED) is 0.763. The third kappa shape index (κ3) is 5.30. The van der Waals surface area contributed by atoms with Crippen molar-refractivity contribution in [2.75, 3.05) is 7.11 Å². The van der Waals surface area contributed by atoms with Gasteiger partial charge in [0.25, 0.3) is 0 Å². The molecule has 1 amide bonds. The lowest BCUT2D eigenvalue weighted by molar-refractivity contribution is -0.142. The molecule has 0 aromatic heterocycles. The average molecular weight is 279 g/mol. The van der Waals surface area contributed by atoms with Crippen LogP contribution >= 0.6 is 0 Å². The molecule has 110 valence electrons. The molecule has 5 heteroatoms. The van der Waals surface area contributed by atoms with Gasteiger partial charge in [-0.1, -0.05) is 25.5 Å². The number of amides is 1. The fourth-order valence-electron chi connectivity index (χ4n) is 1.90. The van der Waals surface area contributed by atoms with Gasteiger partial charge in [-0.25, -0.2) is 4.79 Å². The largest absolute Gasteiger partial charge is 0.497 e. The highest BCUT2D eigenvalue weighted by Crippen LogP contribution is 2.13. The summed E-state index contributed by atoms with van der Waals surface area (Å²) in [7, 11) is 1.59. The van der Waals surface area contributed by atoms with Gasteiger partial charge in [0.2, 0.25) is 5.91 Å². The van der Waals surface area contributed by atoms with Crippen molar-refractivity contribution in [1.29, 1.82) is 0 Å². The third-order valence-corrected chi connectivity index (χ3v) is 2.99. The molecule has 1 aromatic carbocycles. The molecule has 1 rings (SSSR count). The molecule has 5 nitrogen and oxygen atoms in total. The zero-order chi connectivity index (χ0) is 15.0. The zero-order valence-corrected chi connectivity index (χ0v) is 11.9. The van der Waals surface area contributed by atoms with E-state index in [9.17, 15) is 9.59 Å². The predicted molar refractivity (Wildman–Crippen MR) is 75.8 cm³/mol. The highest BCUT2D eigenvalue weighted by atomic mass is 16.5. The van der Waals surface area contributed by atoms with E-state index in [1.807, 2.05) is 31.2 Å². The Hall–Kier alpha value is -2.04. The van der Waals surface area contributed by atoms with Crippen molar-refractivity contribution >= 4 is 11.9 Å². The minimum atomic E-state index is -0.985. The second kappa shape index (κ2) is 8.19. The fraction of sp³-hybridized carbons (Fsp3) is 0.467. The summed E-state index contributed by atoms with van der Waals surface area (Å²) < 4.78 is 5.11. The molecule has 0 aliphatic carbocycles. The Kier molecular flexibility index (Phi) is 6.56. The highest BCUT2D eigenvalue weighted by molar-refractivity contribution is 5.83. The molecule has 0 bridgehead atoms. The smallest absolute Gasteiger partial charge is 0.326 e. The Bertz CT molecular complexity index is 459. The highest BCUT2D eigenvalue weighted by Gasteiger charge is 2.18. The van der Waals surface area contributed by atoms with E-state index < -0.39 is 12.0 Å². The summed E-state index contributed by atoms with van der Waals surface area (Å²) in [5.74, 6) is -0.479. The van der Waals surface area contributed by atoms with E-state index in [4.69, 9.17) is 9.84 Å². The first-order valence-corrected chi connectivity index (χ1v) is 6.72. The minimum absolute atomic E-state index is 0.242. The fourth-order valence-corrected chi connectivity index (χ4v) is 1.90. The first kappa shape index (κ1) is 16.0. The van der Waals surface area contributed by atoms with Crippen LogP contribution in [0.5, 0.6) is 5.75 Å². The van der Waals surface area contributed by atoms with E-state index in [0.717, 1.165) is 11.3 Å². The van der Waals surface area contributed by atoms with Gasteiger partial charge < -0.3 is 15.2 Å². The molecular weight excluding hydrogens is 258 g/mol. The number of rotatable bonds is 8. The monoisotopic (exact) mass is 279 g/mol. The summed E-state index contributed by atoms with van der Waals surface area (Å²) in [5, 5.41) is 11.5. The van der Waals surface area contributed by atoms with Crippen LogP contribution in [0.4, 0.5) is 0 Å². The molecule has 0 spiro atoms. The van der Waals surface area contributed by atoms with Crippen molar-refractivity contribution < 1.29 is 19.4 Å². The zero-order valence-electron chi connectivity index (χ0n) is 11.9. The van der Waals surface area contributed by atoms with Gasteiger partial charge in [-0.2, -0.15) is 0 Å². The number of carboxylic acid groups (broad SMARTS) is 1. The normalized spacial score (nSPS) is 11.7. The van der Waals surface area contributed by atoms with Crippen LogP contribution in [0.3, 0.4) is 0 Å². The summed E-state index contributed by atoms with van der Waals surface area (Å²) >= 11 is 0. The van der Waals surface area contributed by atoms with Gasteiger partial charge in [-0.15, -0.1) is 0 Å². The lowest BCUT2D eigenvalue weighted by Crippen LogP contribution is -2.40. The SMILES string of the molecule is CCC[C@@H](NC(=O)CCc1cccc(OC)c1)C(=O)O. The molecular formula is C15H21NO4. The summed E-state index contributed by atoms with van der Waals surface area (Å²) in [4.78, 5) is 22.7. The van der Waals surface area contributed by atoms with Crippen LogP contribution in [-0.4, -0.2) is 30.1 Å². The molecule has 0 heterocycles. The molecule has 0 aliphatic rings. The maximum Gasteiger partial charge on any atom is 0.326 e. The van der Waals surface area contributed by atoms with Crippen LogP contribution in [-0.2, 0) is 16.0 Å². The van der Waals surface area contributed by atoms with Crippen molar-refractivity contribution in [3.63, 3.8) is 0 Å². The van der Waals surface area contributed by atoms with Gasteiger partial charge in [-0.05, 0) is 30.5 Å². The van der Waals surface area contributed by atoms with Gasteiger partial charge >= 0.3 is 5.97 Å². The number of hydrogen-bond donors (Lipinski definition) is 2. The van der Waals surface area contributed by atoms with Crippen LogP contribution in [0.25, 0.3) is 0 Å². The number of carbonyl (C=O) groups excluding carboxylic acids is 1. The van der Waals surface area contributed by atoms with Crippen molar-refractivity contribution in [3.05, 3.63) is 29.8 Å². The molecule has 0 unspecified atom stereocenters. The predicted octanol–water partition coefficient (Wildman–Crippen LogP) is 2.00. The van der Waals surface area contributed by atoms with E-state index >= 15 is 0 Å². The number of carboxylic acids is 1. The molecule has 0 saturated carbocycles. The third-order valence-electron chi connectivity index (χ3n) is 2.99. The van der Waals surface area contributed by atoms with Gasteiger partial charge in [0.1, 0.15) is 11.8 Å². The van der Waals surface area contributed by atoms with Gasteiger partial charge in [-0.3, -0.25) is 4.79 Å². The van der Waals surface area contributed by atoms with Gasteiger partial charge in [0.05, 0.1) is 7.11 Å². The van der Waals surface area contributed by atoms with Crippen molar-refractivity contribution in [2.24, 2.45) is 0 Å². The second-order valence-electron chi connectivity index (χ2n) is 4.60. The van der Waals surface area contributed by atoms with E-state index in [2.05, 4.69) is 5.32 Å². The van der Waals surface area contributed by atoms with E-state index in [0.29, 0.717) is 19.3 Å². The Labute approximate surface area is 118 Å². The van der Waals surface area contributed by atoms with Crippen molar-refractivity contribution in [3.8, 4) is 5.75 Å². The first-order chi connectivity index (χ1) is 9.56. The van der Waals surface area contributed by atoms with Gasteiger partial charge in [0.15, 0.2) is 0 Å². The number of nitrogens with one attached hydrogen (secondary N) is 1. The van der Waals surface area contributed by atoms with Crippen LogP contribution < -0.4 is 10.1 Å². The summed E-state index contributed by atoms with van der Waals surface area (Å²) in [6.07, 6.45) is 1.98. The number of methoxy groups -OCH3 is 1. The number of aliphatic carboxylic acids is 1. The summed E-state index contributed by atoms with van der Waals surface area (Å²) in [6.45, 7) is 1.89. The lowest BCUT2D eigenvalue weighted by Gasteiger charge is -2.13. The standard InChI is InChI=1S/C15H21NO4/c1-3-5-13(15(18)19)16-14(17)9-8-11-6-4-7-12(10-11)20-2/h4,6-7,10,13H,3,5,8-9H2,1-2H3,(H,16,17)(H,18,19)/t13-/m1/s1. The van der Waals surface area contributed by atoms with E-state index in [1.165, 1.54) is 0 Å². The molecule has 20 heavy (non-hydrogen) atoms. The second-order valence-corrected chi connectivity index (χ2v) is 4.60. The van der Waals surface area contributed by atoms with Crippen LogP contribution in [0.1, 0.15) is 31.7 Å². The maximum absolute atomic E-state index is 11.8. The maximum atomic E-state index is 11.8. The van der Waals surface area contributed by atoms with Crippen molar-refractivity contribution in [2.45, 2.75) is 38.6 Å². The Morgan fingerprint density at radius 3 is 2.75 bits per heavy atom.